The third-order valence-electron chi connectivity index (χ3n) is 3.89. The number of nitrogens with one attached hydrogen (secondary N) is 1. The van der Waals surface area contributed by atoms with Crippen molar-refractivity contribution in [2.75, 3.05) is 24.7 Å². The second kappa shape index (κ2) is 6.27. The highest BCUT2D eigenvalue weighted by molar-refractivity contribution is 5.67. The zero-order chi connectivity index (χ0) is 17.3. The Bertz CT molecular complexity index is 789. The van der Waals surface area contributed by atoms with Crippen molar-refractivity contribution in [2.45, 2.75) is 19.1 Å². The number of anilines is 1. The van der Waals surface area contributed by atoms with Crippen LogP contribution in [0.5, 0.6) is 0 Å². The summed E-state index contributed by atoms with van der Waals surface area (Å²) in [5.74, 6) is 0. The van der Waals surface area contributed by atoms with Crippen LogP contribution >= 0.6 is 0 Å². The van der Waals surface area contributed by atoms with Crippen LogP contribution in [0.15, 0.2) is 35.3 Å². The van der Waals surface area contributed by atoms with Crippen LogP contribution in [-0.4, -0.2) is 35.8 Å². The number of aromatic amines is 1. The number of halogens is 3. The second-order valence-corrected chi connectivity index (χ2v) is 5.63. The molecule has 0 unspecified atom stereocenters. The molecule has 1 aliphatic rings. The summed E-state index contributed by atoms with van der Waals surface area (Å²) in [6, 6.07) is 5.68. The lowest BCUT2D eigenvalue weighted by Crippen LogP contribution is -2.44. The first kappa shape index (κ1) is 16.5. The number of ether oxygens (including phenoxy) is 1. The standard InChI is InChI=1S/C16H16F3N3O2/c1-10-9-24-6-5-22(10)11-7-13(21-14(23)8-11)12-3-2-4-20-15(12)16(17,18)19/h2-4,7-8,10H,5-6,9H2,1H3,(H,21,23)/t10-/m1/s1. The summed E-state index contributed by atoms with van der Waals surface area (Å²) in [5.41, 5.74) is -0.964. The number of rotatable bonds is 2. The van der Waals surface area contributed by atoms with E-state index in [0.29, 0.717) is 25.4 Å². The van der Waals surface area contributed by atoms with E-state index in [1.807, 2.05) is 11.8 Å². The molecule has 3 rings (SSSR count). The average molecular weight is 339 g/mol. The van der Waals surface area contributed by atoms with E-state index >= 15 is 0 Å². The van der Waals surface area contributed by atoms with Crippen LogP contribution < -0.4 is 10.5 Å². The first-order valence-corrected chi connectivity index (χ1v) is 7.47. The minimum Gasteiger partial charge on any atom is -0.377 e. The van der Waals surface area contributed by atoms with Crippen molar-refractivity contribution in [3.05, 3.63) is 46.5 Å². The Morgan fingerprint density at radius 3 is 2.88 bits per heavy atom. The number of pyridine rings is 2. The SMILES string of the molecule is C[C@@H]1COCCN1c1cc(-c2cccnc2C(F)(F)F)[nH]c(=O)c1. The first-order valence-electron chi connectivity index (χ1n) is 7.47. The van der Waals surface area contributed by atoms with E-state index in [2.05, 4.69) is 9.97 Å². The molecule has 1 saturated heterocycles. The fourth-order valence-electron chi connectivity index (χ4n) is 2.80. The Balaban J connectivity index is 2.09. The summed E-state index contributed by atoms with van der Waals surface area (Å²) in [7, 11) is 0. The molecule has 5 nitrogen and oxygen atoms in total. The zero-order valence-electron chi connectivity index (χ0n) is 12.9. The molecule has 1 atom stereocenters. The quantitative estimate of drug-likeness (QED) is 0.914. The van der Waals surface area contributed by atoms with E-state index in [1.54, 1.807) is 6.07 Å². The molecule has 0 aliphatic carbocycles. The van der Waals surface area contributed by atoms with E-state index in [9.17, 15) is 18.0 Å². The number of morpholine rings is 1. The van der Waals surface area contributed by atoms with Gasteiger partial charge in [-0.1, -0.05) is 0 Å². The van der Waals surface area contributed by atoms with Crippen LogP contribution in [0.2, 0.25) is 0 Å². The van der Waals surface area contributed by atoms with Crippen LogP contribution in [0.3, 0.4) is 0 Å². The molecule has 1 N–H and O–H groups in total. The van der Waals surface area contributed by atoms with Gasteiger partial charge in [-0.2, -0.15) is 13.2 Å². The smallest absolute Gasteiger partial charge is 0.377 e. The molecule has 0 amide bonds. The Hall–Kier alpha value is -2.35. The number of aromatic nitrogens is 2. The second-order valence-electron chi connectivity index (χ2n) is 5.63. The molecule has 8 heteroatoms. The third-order valence-corrected chi connectivity index (χ3v) is 3.89. The van der Waals surface area contributed by atoms with Crippen molar-refractivity contribution < 1.29 is 17.9 Å². The lowest BCUT2D eigenvalue weighted by atomic mass is 10.1. The topological polar surface area (TPSA) is 58.2 Å². The molecule has 24 heavy (non-hydrogen) atoms. The van der Waals surface area contributed by atoms with Crippen LogP contribution in [0.1, 0.15) is 12.6 Å². The molecule has 2 aromatic rings. The van der Waals surface area contributed by atoms with Gasteiger partial charge in [0, 0.05) is 36.1 Å². The summed E-state index contributed by atoms with van der Waals surface area (Å²) in [4.78, 5) is 19.8. The normalized spacial score (nSPS) is 18.7. The molecular formula is C16H16F3N3O2. The Morgan fingerprint density at radius 1 is 1.38 bits per heavy atom. The number of nitrogens with zero attached hydrogens (tertiary/aromatic N) is 2. The van der Waals surface area contributed by atoms with E-state index in [0.717, 1.165) is 6.20 Å². The fourth-order valence-corrected chi connectivity index (χ4v) is 2.80. The molecule has 0 spiro atoms. The van der Waals surface area contributed by atoms with Gasteiger partial charge in [0.1, 0.15) is 0 Å². The van der Waals surface area contributed by atoms with E-state index in [-0.39, 0.29) is 17.3 Å². The monoisotopic (exact) mass is 339 g/mol. The van der Waals surface area contributed by atoms with Gasteiger partial charge in [0.2, 0.25) is 5.56 Å². The average Bonchev–Trinajstić information content (AvgIpc) is 2.54. The van der Waals surface area contributed by atoms with Crippen LogP contribution in [0, 0.1) is 0 Å². The van der Waals surface area contributed by atoms with E-state index in [1.165, 1.54) is 18.2 Å². The largest absolute Gasteiger partial charge is 0.434 e. The molecule has 128 valence electrons. The van der Waals surface area contributed by atoms with Crippen LogP contribution in [-0.2, 0) is 10.9 Å². The highest BCUT2D eigenvalue weighted by atomic mass is 19.4. The Morgan fingerprint density at radius 2 is 2.17 bits per heavy atom. The molecule has 0 aromatic carbocycles. The maximum atomic E-state index is 13.2. The summed E-state index contributed by atoms with van der Waals surface area (Å²) < 4.78 is 44.9. The molecule has 3 heterocycles. The van der Waals surface area contributed by atoms with E-state index in [4.69, 9.17) is 4.74 Å². The molecule has 0 radical (unpaired) electrons. The fraction of sp³-hybridized carbons (Fsp3) is 0.375. The number of alkyl halides is 3. The number of hydrogen-bond donors (Lipinski definition) is 1. The van der Waals surface area contributed by atoms with E-state index < -0.39 is 17.4 Å². The van der Waals surface area contributed by atoms with Crippen molar-refractivity contribution in [3.8, 4) is 11.3 Å². The van der Waals surface area contributed by atoms with Crippen LogP contribution in [0.4, 0.5) is 18.9 Å². The van der Waals surface area contributed by atoms with Gasteiger partial charge in [-0.25, -0.2) is 0 Å². The maximum absolute atomic E-state index is 13.2. The van der Waals surface area contributed by atoms with Gasteiger partial charge in [-0.3, -0.25) is 9.78 Å². The zero-order valence-corrected chi connectivity index (χ0v) is 12.9. The van der Waals surface area contributed by atoms with Crippen molar-refractivity contribution >= 4 is 5.69 Å². The summed E-state index contributed by atoms with van der Waals surface area (Å²) >= 11 is 0. The van der Waals surface area contributed by atoms with Crippen molar-refractivity contribution in [3.63, 3.8) is 0 Å². The van der Waals surface area contributed by atoms with Crippen LogP contribution in [0.25, 0.3) is 11.3 Å². The molecular weight excluding hydrogens is 323 g/mol. The Kier molecular flexibility index (Phi) is 4.31. The number of hydrogen-bond acceptors (Lipinski definition) is 4. The van der Waals surface area contributed by atoms with Gasteiger partial charge in [0.05, 0.1) is 18.9 Å². The maximum Gasteiger partial charge on any atom is 0.434 e. The molecule has 2 aromatic heterocycles. The molecule has 0 bridgehead atoms. The first-order chi connectivity index (χ1) is 11.4. The highest BCUT2D eigenvalue weighted by Crippen LogP contribution is 2.35. The van der Waals surface area contributed by atoms with Crippen molar-refractivity contribution in [2.24, 2.45) is 0 Å². The molecule has 1 fully saturated rings. The molecule has 0 saturated carbocycles. The van der Waals surface area contributed by atoms with Gasteiger partial charge in [0.15, 0.2) is 5.69 Å². The summed E-state index contributed by atoms with van der Waals surface area (Å²) in [5, 5.41) is 0. The van der Waals surface area contributed by atoms with Crippen molar-refractivity contribution in [1.82, 2.24) is 9.97 Å². The van der Waals surface area contributed by atoms with Gasteiger partial charge >= 0.3 is 6.18 Å². The highest BCUT2D eigenvalue weighted by Gasteiger charge is 2.35. The summed E-state index contributed by atoms with van der Waals surface area (Å²) in [6.45, 7) is 3.52. The lowest BCUT2D eigenvalue weighted by Gasteiger charge is -2.35. The third kappa shape index (κ3) is 3.28. The Labute approximate surface area is 136 Å². The van der Waals surface area contributed by atoms with Gasteiger partial charge < -0.3 is 14.6 Å². The van der Waals surface area contributed by atoms with Gasteiger partial charge in [0.25, 0.3) is 0 Å². The lowest BCUT2D eigenvalue weighted by molar-refractivity contribution is -0.140. The summed E-state index contributed by atoms with van der Waals surface area (Å²) in [6.07, 6.45) is -3.52. The minimum atomic E-state index is -4.60. The molecule has 1 aliphatic heterocycles. The van der Waals surface area contributed by atoms with Gasteiger partial charge in [-0.05, 0) is 25.1 Å². The minimum absolute atomic E-state index is 0.0318. The predicted molar refractivity (Wildman–Crippen MR) is 82.9 cm³/mol. The predicted octanol–water partition coefficient (Wildman–Crippen LogP) is 2.68. The number of H-pyrrole nitrogens is 1. The van der Waals surface area contributed by atoms with Crippen molar-refractivity contribution in [1.29, 1.82) is 0 Å². The van der Waals surface area contributed by atoms with Gasteiger partial charge in [-0.15, -0.1) is 0 Å².